The third-order valence-corrected chi connectivity index (χ3v) is 3.36. The summed E-state index contributed by atoms with van der Waals surface area (Å²) in [5.41, 5.74) is 0. The van der Waals surface area contributed by atoms with Crippen molar-refractivity contribution in [3.05, 3.63) is 36.9 Å². The number of amides is 1. The number of carboxylic acids is 1. The van der Waals surface area contributed by atoms with E-state index in [9.17, 15) is 9.59 Å². The van der Waals surface area contributed by atoms with Gasteiger partial charge >= 0.3 is 5.97 Å². The molecular formula is C17H23NO5. The van der Waals surface area contributed by atoms with E-state index in [0.29, 0.717) is 24.5 Å². The summed E-state index contributed by atoms with van der Waals surface area (Å²) in [5, 5.41) is 11.6. The molecule has 1 aromatic carbocycles. The van der Waals surface area contributed by atoms with Crippen LogP contribution in [0.4, 0.5) is 0 Å². The van der Waals surface area contributed by atoms with Crippen molar-refractivity contribution in [3.8, 4) is 11.5 Å². The molecule has 0 aromatic heterocycles. The molecule has 1 amide bonds. The second-order valence-electron chi connectivity index (χ2n) is 5.10. The molecule has 1 rings (SSSR count). The molecule has 0 heterocycles. The van der Waals surface area contributed by atoms with Crippen LogP contribution in [-0.2, 0) is 9.59 Å². The Morgan fingerprint density at radius 3 is 2.43 bits per heavy atom. The average Bonchev–Trinajstić information content (AvgIpc) is 2.55. The lowest BCUT2D eigenvalue weighted by molar-refractivity contribution is -0.143. The van der Waals surface area contributed by atoms with Gasteiger partial charge in [-0.25, -0.2) is 4.79 Å². The van der Waals surface area contributed by atoms with Gasteiger partial charge in [-0.15, -0.1) is 0 Å². The van der Waals surface area contributed by atoms with Crippen molar-refractivity contribution in [3.63, 3.8) is 0 Å². The minimum Gasteiger partial charge on any atom is -0.486 e. The SMILES string of the molecule is C=CCOc1ccccc1OCC(=O)NC(C(=O)O)C(C)CC. The first-order valence-electron chi connectivity index (χ1n) is 7.47. The van der Waals surface area contributed by atoms with Crippen LogP contribution in [0.15, 0.2) is 36.9 Å². The second-order valence-corrected chi connectivity index (χ2v) is 5.10. The van der Waals surface area contributed by atoms with E-state index in [0.717, 1.165) is 0 Å². The summed E-state index contributed by atoms with van der Waals surface area (Å²) in [5.74, 6) is -0.796. The molecule has 6 nitrogen and oxygen atoms in total. The molecule has 0 aliphatic carbocycles. The number of carbonyl (C=O) groups excluding carboxylic acids is 1. The third kappa shape index (κ3) is 6.02. The smallest absolute Gasteiger partial charge is 0.326 e. The Morgan fingerprint density at radius 1 is 1.30 bits per heavy atom. The first-order chi connectivity index (χ1) is 11.0. The molecule has 0 saturated carbocycles. The standard InChI is InChI=1S/C17H23NO5/c1-4-10-22-13-8-6-7-9-14(13)23-11-15(19)18-16(17(20)21)12(3)5-2/h4,6-9,12,16H,1,5,10-11H2,2-3H3,(H,18,19)(H,20,21). The second kappa shape index (κ2) is 9.50. The Morgan fingerprint density at radius 2 is 1.91 bits per heavy atom. The zero-order valence-electron chi connectivity index (χ0n) is 13.5. The van der Waals surface area contributed by atoms with Crippen LogP contribution in [0, 0.1) is 5.92 Å². The van der Waals surface area contributed by atoms with Crippen molar-refractivity contribution >= 4 is 11.9 Å². The normalized spacial score (nSPS) is 12.8. The summed E-state index contributed by atoms with van der Waals surface area (Å²) >= 11 is 0. The highest BCUT2D eigenvalue weighted by atomic mass is 16.5. The van der Waals surface area contributed by atoms with Crippen molar-refractivity contribution in [2.75, 3.05) is 13.2 Å². The number of nitrogens with one attached hydrogen (secondary N) is 1. The topological polar surface area (TPSA) is 84.9 Å². The summed E-state index contributed by atoms with van der Waals surface area (Å²) in [4.78, 5) is 23.1. The molecule has 0 aliphatic heterocycles. The molecule has 0 fully saturated rings. The Kier molecular flexibility index (Phi) is 7.66. The largest absolute Gasteiger partial charge is 0.486 e. The Bertz CT molecular complexity index is 544. The van der Waals surface area contributed by atoms with Crippen molar-refractivity contribution in [2.45, 2.75) is 26.3 Å². The maximum atomic E-state index is 11.9. The molecular weight excluding hydrogens is 298 g/mol. The number of para-hydroxylation sites is 2. The number of benzene rings is 1. The molecule has 0 radical (unpaired) electrons. The summed E-state index contributed by atoms with van der Waals surface area (Å²) in [6, 6.07) is 6.01. The van der Waals surface area contributed by atoms with Crippen molar-refractivity contribution in [1.82, 2.24) is 5.32 Å². The van der Waals surface area contributed by atoms with Gasteiger partial charge in [0.15, 0.2) is 18.1 Å². The van der Waals surface area contributed by atoms with Gasteiger partial charge in [-0.1, -0.05) is 45.1 Å². The van der Waals surface area contributed by atoms with Gasteiger partial charge < -0.3 is 19.9 Å². The summed E-state index contributed by atoms with van der Waals surface area (Å²) in [6.45, 7) is 7.25. The number of hydrogen-bond acceptors (Lipinski definition) is 4. The Balaban J connectivity index is 2.62. The first-order valence-corrected chi connectivity index (χ1v) is 7.47. The van der Waals surface area contributed by atoms with Gasteiger partial charge in [-0.05, 0) is 18.1 Å². The molecule has 2 atom stereocenters. The molecule has 6 heteroatoms. The molecule has 0 aliphatic rings. The van der Waals surface area contributed by atoms with E-state index in [1.807, 2.05) is 6.92 Å². The molecule has 0 bridgehead atoms. The van der Waals surface area contributed by atoms with Crippen molar-refractivity contribution in [2.24, 2.45) is 5.92 Å². The molecule has 126 valence electrons. The van der Waals surface area contributed by atoms with Gasteiger partial charge in [0, 0.05) is 0 Å². The first kappa shape index (κ1) is 18.5. The van der Waals surface area contributed by atoms with E-state index in [-0.39, 0.29) is 12.5 Å². The van der Waals surface area contributed by atoms with Crippen molar-refractivity contribution in [1.29, 1.82) is 0 Å². The van der Waals surface area contributed by atoms with E-state index in [4.69, 9.17) is 14.6 Å². The Labute approximate surface area is 136 Å². The van der Waals surface area contributed by atoms with Gasteiger partial charge in [0.25, 0.3) is 5.91 Å². The number of rotatable bonds is 10. The fraction of sp³-hybridized carbons (Fsp3) is 0.412. The van der Waals surface area contributed by atoms with Gasteiger partial charge in [0.2, 0.25) is 0 Å². The fourth-order valence-corrected chi connectivity index (χ4v) is 1.88. The van der Waals surface area contributed by atoms with Crippen LogP contribution < -0.4 is 14.8 Å². The highest BCUT2D eigenvalue weighted by Crippen LogP contribution is 2.26. The van der Waals surface area contributed by atoms with Crippen LogP contribution in [0.25, 0.3) is 0 Å². The van der Waals surface area contributed by atoms with E-state index < -0.39 is 17.9 Å². The van der Waals surface area contributed by atoms with E-state index in [1.165, 1.54) is 0 Å². The molecule has 2 N–H and O–H groups in total. The summed E-state index contributed by atoms with van der Waals surface area (Å²) in [6.07, 6.45) is 2.25. The van der Waals surface area contributed by atoms with E-state index in [2.05, 4.69) is 11.9 Å². The average molecular weight is 321 g/mol. The monoisotopic (exact) mass is 321 g/mol. The number of carbonyl (C=O) groups is 2. The fourth-order valence-electron chi connectivity index (χ4n) is 1.88. The number of ether oxygens (including phenoxy) is 2. The van der Waals surface area contributed by atoms with Gasteiger partial charge in [-0.2, -0.15) is 0 Å². The molecule has 23 heavy (non-hydrogen) atoms. The van der Waals surface area contributed by atoms with Crippen molar-refractivity contribution < 1.29 is 24.2 Å². The third-order valence-electron chi connectivity index (χ3n) is 3.36. The maximum Gasteiger partial charge on any atom is 0.326 e. The van der Waals surface area contributed by atoms with Crippen LogP contribution in [0.2, 0.25) is 0 Å². The highest BCUT2D eigenvalue weighted by Gasteiger charge is 2.25. The number of aliphatic carboxylic acids is 1. The molecule has 1 aromatic rings. The maximum absolute atomic E-state index is 11.9. The predicted molar refractivity (Wildman–Crippen MR) is 86.7 cm³/mol. The summed E-state index contributed by atoms with van der Waals surface area (Å²) in [7, 11) is 0. The van der Waals surface area contributed by atoms with Crippen LogP contribution in [-0.4, -0.2) is 36.2 Å². The van der Waals surface area contributed by atoms with E-state index in [1.54, 1.807) is 37.3 Å². The summed E-state index contributed by atoms with van der Waals surface area (Å²) < 4.78 is 10.9. The zero-order chi connectivity index (χ0) is 17.2. The van der Waals surface area contributed by atoms with Crippen LogP contribution in [0.1, 0.15) is 20.3 Å². The number of carboxylic acid groups (broad SMARTS) is 1. The van der Waals surface area contributed by atoms with Crippen LogP contribution >= 0.6 is 0 Å². The quantitative estimate of drug-likeness (QED) is 0.646. The Hall–Kier alpha value is -2.50. The van der Waals surface area contributed by atoms with Gasteiger partial charge in [0.05, 0.1) is 0 Å². The van der Waals surface area contributed by atoms with Crippen LogP contribution in [0.5, 0.6) is 11.5 Å². The molecule has 0 spiro atoms. The highest BCUT2D eigenvalue weighted by molar-refractivity contribution is 5.84. The molecule has 0 saturated heterocycles. The lowest BCUT2D eigenvalue weighted by atomic mass is 9.99. The van der Waals surface area contributed by atoms with Gasteiger partial charge in [0.1, 0.15) is 12.6 Å². The lowest BCUT2D eigenvalue weighted by Gasteiger charge is -2.20. The van der Waals surface area contributed by atoms with E-state index >= 15 is 0 Å². The van der Waals surface area contributed by atoms with Crippen LogP contribution in [0.3, 0.4) is 0 Å². The lowest BCUT2D eigenvalue weighted by Crippen LogP contribution is -2.46. The number of hydrogen-bond donors (Lipinski definition) is 2. The minimum atomic E-state index is -1.05. The molecule has 2 unspecified atom stereocenters. The van der Waals surface area contributed by atoms with Gasteiger partial charge in [-0.3, -0.25) is 4.79 Å². The zero-order valence-corrected chi connectivity index (χ0v) is 13.5. The minimum absolute atomic E-state index is 0.167. The predicted octanol–water partition coefficient (Wildman–Crippen LogP) is 2.25.